The van der Waals surface area contributed by atoms with Gasteiger partial charge in [-0.3, -0.25) is 4.79 Å². The molecule has 2 atom stereocenters. The van der Waals surface area contributed by atoms with Crippen molar-refractivity contribution >= 4 is 38.7 Å². The van der Waals surface area contributed by atoms with E-state index in [1.54, 1.807) is 12.1 Å². The molecule has 24 heavy (non-hydrogen) atoms. The summed E-state index contributed by atoms with van der Waals surface area (Å²) in [5.41, 5.74) is 5.91. The number of nitrogens with one attached hydrogen (secondary N) is 1. The van der Waals surface area contributed by atoms with Crippen molar-refractivity contribution in [2.45, 2.75) is 23.5 Å². The van der Waals surface area contributed by atoms with Gasteiger partial charge in [-0.05, 0) is 18.6 Å². The predicted octanol–water partition coefficient (Wildman–Crippen LogP) is -0.371. The molecule has 0 saturated carbocycles. The number of primary amides is 1. The molecule has 9 nitrogen and oxygen atoms in total. The smallest absolute Gasteiger partial charge is 0.243 e. The van der Waals surface area contributed by atoms with Crippen LogP contribution in [0.2, 0.25) is 0 Å². The third kappa shape index (κ3) is 3.70. The lowest BCUT2D eigenvalue weighted by Crippen LogP contribution is -2.51. The van der Waals surface area contributed by atoms with Crippen LogP contribution in [-0.4, -0.2) is 55.0 Å². The van der Waals surface area contributed by atoms with Crippen molar-refractivity contribution < 1.29 is 22.7 Å². The summed E-state index contributed by atoms with van der Waals surface area (Å²) in [4.78, 5) is 10.9. The van der Waals surface area contributed by atoms with Crippen LogP contribution in [0.3, 0.4) is 0 Å². The first kappa shape index (κ1) is 17.2. The molecule has 0 radical (unpaired) electrons. The zero-order chi connectivity index (χ0) is 17.2. The second kappa shape index (κ2) is 7.07. The topological polar surface area (TPSA) is 134 Å². The molecule has 1 aliphatic rings. The van der Waals surface area contributed by atoms with Gasteiger partial charge in [-0.15, -0.1) is 0 Å². The van der Waals surface area contributed by atoms with Crippen LogP contribution < -0.4 is 10.5 Å². The number of rotatable bonds is 6. The van der Waals surface area contributed by atoms with Gasteiger partial charge in [0.25, 0.3) is 0 Å². The van der Waals surface area contributed by atoms with Gasteiger partial charge in [0.1, 0.15) is 22.5 Å². The summed E-state index contributed by atoms with van der Waals surface area (Å²) < 4.78 is 46.8. The molecule has 0 bridgehead atoms. The second-order valence-electron chi connectivity index (χ2n) is 5.30. The molecule has 1 saturated heterocycles. The predicted molar refractivity (Wildman–Crippen MR) is 85.9 cm³/mol. The molecule has 2 heterocycles. The number of amides is 1. The van der Waals surface area contributed by atoms with Crippen molar-refractivity contribution in [3.8, 4) is 0 Å². The van der Waals surface area contributed by atoms with E-state index in [-0.39, 0.29) is 18.1 Å². The number of hydrogen-bond acceptors (Lipinski definition) is 8. The molecule has 2 aromatic rings. The summed E-state index contributed by atoms with van der Waals surface area (Å²) in [6, 6.07) is 4.15. The highest BCUT2D eigenvalue weighted by Gasteiger charge is 2.32. The number of carbonyl (C=O) groups is 1. The fraction of sp³-hybridized carbons (Fsp3) is 0.462. The van der Waals surface area contributed by atoms with Crippen molar-refractivity contribution in [2.75, 3.05) is 19.8 Å². The molecule has 1 amide bonds. The zero-order valence-corrected chi connectivity index (χ0v) is 14.2. The van der Waals surface area contributed by atoms with Crippen LogP contribution in [0.25, 0.3) is 11.0 Å². The maximum Gasteiger partial charge on any atom is 0.243 e. The minimum atomic E-state index is -3.85. The molecule has 1 fully saturated rings. The number of sulfonamides is 1. The summed E-state index contributed by atoms with van der Waals surface area (Å²) in [7, 11) is -3.85. The Kier molecular flexibility index (Phi) is 5.06. The van der Waals surface area contributed by atoms with Gasteiger partial charge in [-0.2, -0.15) is 8.75 Å². The maximum atomic E-state index is 12.7. The Hall–Kier alpha value is -1.66. The van der Waals surface area contributed by atoms with Crippen LogP contribution in [0.5, 0.6) is 0 Å². The molecule has 11 heteroatoms. The van der Waals surface area contributed by atoms with Crippen molar-refractivity contribution in [3.05, 3.63) is 18.2 Å². The molecule has 0 spiro atoms. The van der Waals surface area contributed by atoms with E-state index in [4.69, 9.17) is 15.2 Å². The van der Waals surface area contributed by atoms with Gasteiger partial charge >= 0.3 is 0 Å². The van der Waals surface area contributed by atoms with E-state index in [9.17, 15) is 13.2 Å². The molecule has 130 valence electrons. The van der Waals surface area contributed by atoms with Crippen LogP contribution in [0.15, 0.2) is 23.1 Å². The molecule has 0 unspecified atom stereocenters. The van der Waals surface area contributed by atoms with Crippen LogP contribution in [0, 0.1) is 0 Å². The minimum absolute atomic E-state index is 0.0491. The first-order valence-electron chi connectivity index (χ1n) is 7.18. The molecule has 3 rings (SSSR count). The fourth-order valence-electron chi connectivity index (χ4n) is 2.48. The highest BCUT2D eigenvalue weighted by atomic mass is 32.2. The quantitative estimate of drug-likeness (QED) is 0.706. The van der Waals surface area contributed by atoms with Gasteiger partial charge < -0.3 is 15.2 Å². The lowest BCUT2D eigenvalue weighted by atomic mass is 10.1. The molecular formula is C13H16N4O5S2. The van der Waals surface area contributed by atoms with Crippen LogP contribution >= 0.6 is 11.7 Å². The number of ether oxygens (including phenoxy) is 2. The zero-order valence-electron chi connectivity index (χ0n) is 12.5. The molecule has 1 aromatic carbocycles. The van der Waals surface area contributed by atoms with Crippen LogP contribution in [0.1, 0.15) is 6.42 Å². The SMILES string of the molecule is NC(=O)CO[C@@H]1CCOC[C@@H]1NS(=O)(=O)c1cccc2nsnc12. The first-order valence-corrected chi connectivity index (χ1v) is 9.40. The van der Waals surface area contributed by atoms with E-state index in [2.05, 4.69) is 13.5 Å². The average molecular weight is 372 g/mol. The summed E-state index contributed by atoms with van der Waals surface area (Å²) >= 11 is 0.948. The largest absolute Gasteiger partial charge is 0.380 e. The summed E-state index contributed by atoms with van der Waals surface area (Å²) in [5, 5.41) is 0. The minimum Gasteiger partial charge on any atom is -0.380 e. The van der Waals surface area contributed by atoms with E-state index < -0.39 is 28.1 Å². The van der Waals surface area contributed by atoms with Crippen molar-refractivity contribution in [1.29, 1.82) is 0 Å². The second-order valence-corrected chi connectivity index (χ2v) is 7.51. The monoisotopic (exact) mass is 372 g/mol. The number of benzene rings is 1. The van der Waals surface area contributed by atoms with Gasteiger partial charge in [0.15, 0.2) is 0 Å². The third-order valence-electron chi connectivity index (χ3n) is 3.58. The van der Waals surface area contributed by atoms with E-state index in [0.29, 0.717) is 24.1 Å². The number of fused-ring (bicyclic) bond motifs is 1. The highest BCUT2D eigenvalue weighted by Crippen LogP contribution is 2.22. The number of nitrogens with two attached hydrogens (primary N) is 1. The van der Waals surface area contributed by atoms with Crippen molar-refractivity contribution in [3.63, 3.8) is 0 Å². The molecule has 1 aliphatic heterocycles. The van der Waals surface area contributed by atoms with E-state index in [0.717, 1.165) is 11.7 Å². The first-order chi connectivity index (χ1) is 11.5. The molecule has 0 aliphatic carbocycles. The molecule has 1 aromatic heterocycles. The number of aromatic nitrogens is 2. The summed E-state index contributed by atoms with van der Waals surface area (Å²) in [6.07, 6.45) is -0.0306. The Morgan fingerprint density at radius 3 is 3.08 bits per heavy atom. The van der Waals surface area contributed by atoms with Gasteiger partial charge in [0, 0.05) is 6.61 Å². The normalized spacial score (nSPS) is 21.8. The van der Waals surface area contributed by atoms with Gasteiger partial charge in [-0.1, -0.05) is 6.07 Å². The van der Waals surface area contributed by atoms with Crippen LogP contribution in [0.4, 0.5) is 0 Å². The lowest BCUT2D eigenvalue weighted by Gasteiger charge is -2.31. The van der Waals surface area contributed by atoms with E-state index in [1.165, 1.54) is 6.07 Å². The lowest BCUT2D eigenvalue weighted by molar-refractivity contribution is -0.127. The summed E-state index contributed by atoms with van der Waals surface area (Å²) in [6.45, 7) is 0.301. The number of nitrogens with zero attached hydrogens (tertiary/aromatic N) is 2. The van der Waals surface area contributed by atoms with Gasteiger partial charge in [-0.25, -0.2) is 13.1 Å². The van der Waals surface area contributed by atoms with E-state index >= 15 is 0 Å². The van der Waals surface area contributed by atoms with Gasteiger partial charge in [0.2, 0.25) is 15.9 Å². The maximum absolute atomic E-state index is 12.7. The van der Waals surface area contributed by atoms with Crippen molar-refractivity contribution in [2.24, 2.45) is 5.73 Å². The standard InChI is InChI=1S/C13H16N4O5S2/c14-12(18)7-22-10-4-5-21-6-9(10)17-24(19,20)11-3-1-2-8-13(11)16-23-15-8/h1-3,9-10,17H,4-7H2,(H2,14,18)/t9-,10+/m0/s1. The molecule has 3 N–H and O–H groups in total. The van der Waals surface area contributed by atoms with Crippen molar-refractivity contribution in [1.82, 2.24) is 13.5 Å². The average Bonchev–Trinajstić information content (AvgIpc) is 3.02. The highest BCUT2D eigenvalue weighted by molar-refractivity contribution is 7.89. The molecular weight excluding hydrogens is 356 g/mol. The summed E-state index contributed by atoms with van der Waals surface area (Å²) in [5.74, 6) is -0.610. The fourth-order valence-corrected chi connectivity index (χ4v) is 4.49. The Morgan fingerprint density at radius 2 is 2.29 bits per heavy atom. The Balaban J connectivity index is 1.82. The number of carbonyl (C=O) groups excluding carboxylic acids is 1. The van der Waals surface area contributed by atoms with E-state index in [1.807, 2.05) is 0 Å². The Labute approximate surface area is 142 Å². The third-order valence-corrected chi connectivity index (χ3v) is 5.64. The Morgan fingerprint density at radius 1 is 1.46 bits per heavy atom. The number of hydrogen-bond donors (Lipinski definition) is 2. The Bertz CT molecular complexity index is 838. The van der Waals surface area contributed by atoms with Gasteiger partial charge in [0.05, 0.1) is 30.5 Å². The van der Waals surface area contributed by atoms with Crippen LogP contribution in [-0.2, 0) is 24.3 Å².